The van der Waals surface area contributed by atoms with E-state index in [-0.39, 0.29) is 0 Å². The second-order valence-corrected chi connectivity index (χ2v) is 37.5. The third-order valence-corrected chi connectivity index (χ3v) is 25.8. The zero-order valence-corrected chi connectivity index (χ0v) is 80.9. The summed E-state index contributed by atoms with van der Waals surface area (Å²) in [5.41, 5.74) is 0. The van der Waals surface area contributed by atoms with E-state index in [2.05, 4.69) is 143 Å². The van der Waals surface area contributed by atoms with Crippen LogP contribution in [-0.4, -0.2) is 248 Å². The van der Waals surface area contributed by atoms with Gasteiger partial charge in [0.15, 0.2) is 0 Å². The summed E-state index contributed by atoms with van der Waals surface area (Å²) >= 11 is 0. The van der Waals surface area contributed by atoms with Crippen molar-refractivity contribution in [3.63, 3.8) is 0 Å². The van der Waals surface area contributed by atoms with Crippen molar-refractivity contribution in [3.8, 4) is 0 Å². The fraction of sp³-hybridized carbons (Fsp3) is 1.00. The van der Waals surface area contributed by atoms with Crippen molar-refractivity contribution in [2.45, 2.75) is 362 Å². The summed E-state index contributed by atoms with van der Waals surface area (Å²) in [4.78, 5) is 0. The maximum Gasteiger partial charge on any atom is 0.00670 e. The summed E-state index contributed by atoms with van der Waals surface area (Å²) in [5, 5.41) is 67.8. The Balaban J connectivity index is 0.000000512. The standard InChI is InChI=1S/C28H56N4.C21H44N4.C20H44N4.C17H40N4.C14H33N3/c1-3-10-25(11-4-1)21-29-16-8-18-31-23-27-14-7-15-28(20-27)24-32-19-9-17-30-22-26-12-5-2-6-13-26;1-2-4-9-20(8-3-1)18-24-16-6-14-22-12-5-13-23-15-7-17-25-19-21-10-11-21;1-3-21-13-8-14-22-15-9-16-23-17-10-18-24-19(2)20-11-6-4-5-7-12-20;1-3-5-10-18-12-7-14-20-16-9-17-21-15-8-13-19-11-6-4-2;1-3-5-9-15-11-7-13-17-14-8-12-16-10-6-4-2/h25-32H,1-24H2;20-25H,1-19H2;19-24H,3-18H2,1-2H3;18-21H,3-17H2,1-2H3;15-17H,3-14H2,1-2H3. The molecule has 712 valence electrons. The van der Waals surface area contributed by atoms with Gasteiger partial charge in [0.05, 0.1) is 0 Å². The van der Waals surface area contributed by atoms with Crippen molar-refractivity contribution in [1.29, 1.82) is 0 Å². The zero-order valence-electron chi connectivity index (χ0n) is 80.9. The summed E-state index contributed by atoms with van der Waals surface area (Å²) in [7, 11) is 0. The molecule has 0 aromatic heterocycles. The molecule has 0 amide bonds. The normalized spacial score (nSPS) is 18.1. The molecule has 0 saturated heterocycles. The zero-order chi connectivity index (χ0) is 84.9. The molecule has 0 spiro atoms. The lowest BCUT2D eigenvalue weighted by Crippen LogP contribution is -2.35. The summed E-state index contributed by atoms with van der Waals surface area (Å²) in [6.45, 7) is 56.8. The minimum atomic E-state index is 0.703. The number of rotatable bonds is 79. The van der Waals surface area contributed by atoms with E-state index < -0.39 is 0 Å². The first-order valence-electron chi connectivity index (χ1n) is 53.5. The van der Waals surface area contributed by atoms with Crippen molar-refractivity contribution in [1.82, 2.24) is 101 Å². The molecule has 19 heteroatoms. The maximum atomic E-state index is 3.76. The molecule has 3 unspecified atom stereocenters. The van der Waals surface area contributed by atoms with Crippen LogP contribution in [0.5, 0.6) is 0 Å². The van der Waals surface area contributed by atoms with Crippen LogP contribution in [0.1, 0.15) is 356 Å². The van der Waals surface area contributed by atoms with Crippen molar-refractivity contribution < 1.29 is 0 Å². The van der Waals surface area contributed by atoms with Crippen LogP contribution in [-0.2, 0) is 0 Å². The van der Waals surface area contributed by atoms with Crippen LogP contribution in [0.3, 0.4) is 0 Å². The highest BCUT2D eigenvalue weighted by Gasteiger charge is 2.23. The molecule has 0 bridgehead atoms. The quantitative estimate of drug-likeness (QED) is 0.0201. The minimum absolute atomic E-state index is 0.703. The highest BCUT2D eigenvalue weighted by molar-refractivity contribution is 4.80. The van der Waals surface area contributed by atoms with Crippen LogP contribution >= 0.6 is 0 Å². The first-order chi connectivity index (χ1) is 59.0. The Morgan fingerprint density at radius 3 is 0.597 bits per heavy atom. The summed E-state index contributed by atoms with van der Waals surface area (Å²) in [5.74, 6) is 6.60. The summed E-state index contributed by atoms with van der Waals surface area (Å²) < 4.78 is 0. The van der Waals surface area contributed by atoms with E-state index in [4.69, 9.17) is 0 Å². The number of nitrogens with one attached hydrogen (secondary N) is 19. The van der Waals surface area contributed by atoms with Crippen LogP contribution < -0.4 is 101 Å². The molecule has 6 saturated carbocycles. The minimum Gasteiger partial charge on any atom is -0.317 e. The SMILES string of the molecule is C1CCC(CNCCCNCC2CCCC(CNCCCNCC3CCCCC3)C2)CC1.C1CCCC(CNCCCNCCCNCCCNCC2CC2)CC1.CCCCNCCCNCCCNCCCC.CCCCNCCCNCCCNCCCNCCCC.CCNCCCNCCCNCCCNC(C)C1CCCCCC1. The Hall–Kier alpha value is -0.760. The largest absolute Gasteiger partial charge is 0.317 e. The lowest BCUT2D eigenvalue weighted by Gasteiger charge is -2.29. The topological polar surface area (TPSA) is 229 Å². The van der Waals surface area contributed by atoms with E-state index in [0.717, 1.165) is 179 Å². The fourth-order valence-corrected chi connectivity index (χ4v) is 17.6. The van der Waals surface area contributed by atoms with Gasteiger partial charge in [0.2, 0.25) is 0 Å². The third kappa shape index (κ3) is 85.1. The Labute approximate surface area is 742 Å². The van der Waals surface area contributed by atoms with Crippen molar-refractivity contribution >= 4 is 0 Å². The van der Waals surface area contributed by atoms with Crippen LogP contribution in [0.4, 0.5) is 0 Å². The van der Waals surface area contributed by atoms with E-state index in [0.29, 0.717) is 6.04 Å². The van der Waals surface area contributed by atoms with Gasteiger partial charge >= 0.3 is 0 Å². The van der Waals surface area contributed by atoms with Crippen LogP contribution in [0.2, 0.25) is 0 Å². The molecule has 3 atom stereocenters. The van der Waals surface area contributed by atoms with Gasteiger partial charge in [-0.3, -0.25) is 0 Å². The smallest absolute Gasteiger partial charge is 0.00670 e. The van der Waals surface area contributed by atoms with Crippen LogP contribution in [0.15, 0.2) is 0 Å². The molecule has 0 aromatic rings. The van der Waals surface area contributed by atoms with Crippen LogP contribution in [0.25, 0.3) is 0 Å². The average molecular weight is 1690 g/mol. The van der Waals surface area contributed by atoms with Gasteiger partial charge in [0.1, 0.15) is 0 Å². The Morgan fingerprint density at radius 1 is 0.176 bits per heavy atom. The average Bonchev–Trinajstić information content (AvgIpc) is 1.04. The van der Waals surface area contributed by atoms with Crippen molar-refractivity contribution in [2.24, 2.45) is 41.4 Å². The molecular weight excluding hydrogens is 1470 g/mol. The highest BCUT2D eigenvalue weighted by Crippen LogP contribution is 2.30. The van der Waals surface area contributed by atoms with Gasteiger partial charge in [0.25, 0.3) is 0 Å². The molecular formula is C100H217N19. The second-order valence-electron chi connectivity index (χ2n) is 37.5. The molecule has 6 aliphatic rings. The van der Waals surface area contributed by atoms with Gasteiger partial charge in [-0.25, -0.2) is 0 Å². The predicted octanol–water partition coefficient (Wildman–Crippen LogP) is 15.1. The third-order valence-electron chi connectivity index (χ3n) is 25.8. The predicted molar refractivity (Wildman–Crippen MR) is 528 cm³/mol. The molecule has 0 aliphatic heterocycles. The van der Waals surface area contributed by atoms with Crippen molar-refractivity contribution in [2.75, 3.05) is 242 Å². The van der Waals surface area contributed by atoms with Crippen LogP contribution in [0, 0.1) is 41.4 Å². The first-order valence-corrected chi connectivity index (χ1v) is 53.5. The molecule has 6 fully saturated rings. The molecule has 6 rings (SSSR count). The van der Waals surface area contributed by atoms with E-state index in [1.165, 1.54) is 419 Å². The highest BCUT2D eigenvalue weighted by atomic mass is 15.0. The van der Waals surface area contributed by atoms with Gasteiger partial charge in [0, 0.05) is 6.04 Å². The Kier molecular flexibility index (Phi) is 92.5. The Morgan fingerprint density at radius 2 is 0.361 bits per heavy atom. The van der Waals surface area contributed by atoms with Gasteiger partial charge in [-0.15, -0.1) is 0 Å². The molecule has 19 nitrogen and oxygen atoms in total. The van der Waals surface area contributed by atoms with Gasteiger partial charge < -0.3 is 101 Å². The maximum absolute atomic E-state index is 3.76. The molecule has 0 radical (unpaired) electrons. The van der Waals surface area contributed by atoms with Crippen molar-refractivity contribution in [3.05, 3.63) is 0 Å². The lowest BCUT2D eigenvalue weighted by molar-refractivity contribution is 0.252. The van der Waals surface area contributed by atoms with E-state index in [1.54, 1.807) is 0 Å². The van der Waals surface area contributed by atoms with E-state index in [1.807, 2.05) is 0 Å². The molecule has 19 N–H and O–H groups in total. The fourth-order valence-electron chi connectivity index (χ4n) is 17.6. The number of hydrogen-bond acceptors (Lipinski definition) is 19. The van der Waals surface area contributed by atoms with Gasteiger partial charge in [-0.05, 0) is 483 Å². The summed E-state index contributed by atoms with van der Waals surface area (Å²) in [6, 6.07) is 0.703. The van der Waals surface area contributed by atoms with E-state index in [9.17, 15) is 0 Å². The van der Waals surface area contributed by atoms with Gasteiger partial charge in [-0.2, -0.15) is 0 Å². The second kappa shape index (κ2) is 96.3. The number of hydrogen-bond donors (Lipinski definition) is 19. The number of unbranched alkanes of at least 4 members (excludes halogenated alkanes) is 4. The Bertz CT molecular complexity index is 1780. The monoisotopic (exact) mass is 1680 g/mol. The van der Waals surface area contributed by atoms with Gasteiger partial charge in [-0.1, -0.05) is 157 Å². The molecule has 119 heavy (non-hydrogen) atoms. The summed E-state index contributed by atoms with van der Waals surface area (Å²) in [6.07, 6.45) is 67.2. The first kappa shape index (κ1) is 114. The molecule has 0 aromatic carbocycles. The van der Waals surface area contributed by atoms with E-state index >= 15 is 0 Å². The molecule has 6 aliphatic carbocycles. The molecule has 0 heterocycles. The lowest BCUT2D eigenvalue weighted by atomic mass is 9.81.